The van der Waals surface area contributed by atoms with Gasteiger partial charge in [0.25, 0.3) is 0 Å². The van der Waals surface area contributed by atoms with Crippen LogP contribution in [-0.4, -0.2) is 16.6 Å². The van der Waals surface area contributed by atoms with Gasteiger partial charge in [-0.25, -0.2) is 4.98 Å². The van der Waals surface area contributed by atoms with E-state index in [2.05, 4.69) is 35.1 Å². The lowest BCUT2D eigenvalue weighted by molar-refractivity contribution is 0.306. The first-order valence-electron chi connectivity index (χ1n) is 6.67. The summed E-state index contributed by atoms with van der Waals surface area (Å²) in [5.41, 5.74) is 10.3. The standard InChI is InChI=1S/C15H17N3O/c1-2-9-19-14-13-11-6-4-3-5-10(11)7-8-12(13)17-15(16)18-14/h3-6H,2,7-9H2,1H3,(H2,16,17,18). The number of nitrogens with zero attached hydrogens (tertiary/aromatic N) is 2. The predicted octanol–water partition coefficient (Wildman–Crippen LogP) is 2.61. The van der Waals surface area contributed by atoms with Gasteiger partial charge in [0, 0.05) is 0 Å². The molecule has 0 fully saturated rings. The van der Waals surface area contributed by atoms with Crippen molar-refractivity contribution in [3.8, 4) is 17.0 Å². The number of nitrogens with two attached hydrogens (primary N) is 1. The van der Waals surface area contributed by atoms with E-state index in [0.717, 1.165) is 30.5 Å². The molecule has 4 nitrogen and oxygen atoms in total. The fourth-order valence-electron chi connectivity index (χ4n) is 2.49. The largest absolute Gasteiger partial charge is 0.477 e. The molecule has 0 radical (unpaired) electrons. The molecule has 1 heterocycles. The Morgan fingerprint density at radius 1 is 1.21 bits per heavy atom. The minimum Gasteiger partial charge on any atom is -0.477 e. The molecular formula is C15H17N3O. The molecule has 0 saturated carbocycles. The predicted molar refractivity (Wildman–Crippen MR) is 75.1 cm³/mol. The smallest absolute Gasteiger partial charge is 0.226 e. The van der Waals surface area contributed by atoms with Crippen LogP contribution in [0.2, 0.25) is 0 Å². The first-order chi connectivity index (χ1) is 9.29. The molecule has 0 spiro atoms. The van der Waals surface area contributed by atoms with E-state index in [4.69, 9.17) is 10.5 Å². The highest BCUT2D eigenvalue weighted by molar-refractivity contribution is 5.76. The van der Waals surface area contributed by atoms with Gasteiger partial charge < -0.3 is 10.5 Å². The zero-order valence-corrected chi connectivity index (χ0v) is 11.0. The number of hydrogen-bond acceptors (Lipinski definition) is 4. The number of aromatic nitrogens is 2. The van der Waals surface area contributed by atoms with E-state index >= 15 is 0 Å². The van der Waals surface area contributed by atoms with Crippen molar-refractivity contribution in [2.75, 3.05) is 12.3 Å². The second-order valence-corrected chi connectivity index (χ2v) is 4.71. The minimum atomic E-state index is 0.296. The van der Waals surface area contributed by atoms with Crippen LogP contribution in [0, 0.1) is 0 Å². The Kier molecular flexibility index (Phi) is 3.07. The van der Waals surface area contributed by atoms with Gasteiger partial charge in [-0.3, -0.25) is 0 Å². The molecule has 19 heavy (non-hydrogen) atoms. The number of hydrogen-bond donors (Lipinski definition) is 1. The Hall–Kier alpha value is -2.10. The van der Waals surface area contributed by atoms with Crippen molar-refractivity contribution in [2.24, 2.45) is 0 Å². The van der Waals surface area contributed by atoms with Crippen LogP contribution in [0.4, 0.5) is 5.95 Å². The number of fused-ring (bicyclic) bond motifs is 3. The van der Waals surface area contributed by atoms with Crippen LogP contribution in [0.5, 0.6) is 5.88 Å². The van der Waals surface area contributed by atoms with E-state index in [1.807, 2.05) is 6.07 Å². The number of benzene rings is 1. The summed E-state index contributed by atoms with van der Waals surface area (Å²) in [4.78, 5) is 8.64. The summed E-state index contributed by atoms with van der Waals surface area (Å²) in [5, 5.41) is 0. The van der Waals surface area contributed by atoms with Crippen LogP contribution in [0.1, 0.15) is 24.6 Å². The highest BCUT2D eigenvalue weighted by Crippen LogP contribution is 2.38. The van der Waals surface area contributed by atoms with E-state index in [1.54, 1.807) is 0 Å². The van der Waals surface area contributed by atoms with Gasteiger partial charge in [0.05, 0.1) is 17.9 Å². The maximum Gasteiger partial charge on any atom is 0.226 e. The highest BCUT2D eigenvalue weighted by Gasteiger charge is 2.22. The Labute approximate surface area is 112 Å². The van der Waals surface area contributed by atoms with E-state index in [-0.39, 0.29) is 0 Å². The number of anilines is 1. The van der Waals surface area contributed by atoms with Crippen molar-refractivity contribution in [2.45, 2.75) is 26.2 Å². The SMILES string of the molecule is CCCOc1nc(N)nc2c1-c1ccccc1CC2. The van der Waals surface area contributed by atoms with E-state index in [0.29, 0.717) is 18.4 Å². The second kappa shape index (κ2) is 4.88. The lowest BCUT2D eigenvalue weighted by Gasteiger charge is -2.21. The lowest BCUT2D eigenvalue weighted by atomic mass is 9.89. The van der Waals surface area contributed by atoms with Crippen molar-refractivity contribution in [1.29, 1.82) is 0 Å². The van der Waals surface area contributed by atoms with Crippen LogP contribution < -0.4 is 10.5 Å². The minimum absolute atomic E-state index is 0.296. The molecule has 0 saturated heterocycles. The van der Waals surface area contributed by atoms with Gasteiger partial charge in [-0.05, 0) is 30.4 Å². The Morgan fingerprint density at radius 3 is 2.89 bits per heavy atom. The van der Waals surface area contributed by atoms with Crippen molar-refractivity contribution in [3.05, 3.63) is 35.5 Å². The summed E-state index contributed by atoms with van der Waals surface area (Å²) in [6.07, 6.45) is 2.83. The summed E-state index contributed by atoms with van der Waals surface area (Å²) >= 11 is 0. The first kappa shape index (κ1) is 12.0. The number of aryl methyl sites for hydroxylation is 2. The van der Waals surface area contributed by atoms with Crippen LogP contribution in [0.15, 0.2) is 24.3 Å². The number of rotatable bonds is 3. The van der Waals surface area contributed by atoms with E-state index in [1.165, 1.54) is 11.1 Å². The van der Waals surface area contributed by atoms with Gasteiger partial charge in [0.1, 0.15) is 0 Å². The second-order valence-electron chi connectivity index (χ2n) is 4.71. The summed E-state index contributed by atoms with van der Waals surface area (Å²) in [6.45, 7) is 2.72. The fraction of sp³-hybridized carbons (Fsp3) is 0.333. The normalized spacial score (nSPS) is 12.7. The molecule has 0 amide bonds. The third-order valence-electron chi connectivity index (χ3n) is 3.33. The van der Waals surface area contributed by atoms with Gasteiger partial charge in [0.2, 0.25) is 11.8 Å². The van der Waals surface area contributed by atoms with Crippen molar-refractivity contribution >= 4 is 5.95 Å². The van der Waals surface area contributed by atoms with Gasteiger partial charge in [-0.15, -0.1) is 0 Å². The molecule has 1 aromatic carbocycles. The van der Waals surface area contributed by atoms with Gasteiger partial charge >= 0.3 is 0 Å². The molecule has 2 N–H and O–H groups in total. The van der Waals surface area contributed by atoms with Crippen LogP contribution in [0.3, 0.4) is 0 Å². The molecule has 0 aliphatic heterocycles. The topological polar surface area (TPSA) is 61.0 Å². The molecule has 1 aromatic heterocycles. The molecule has 2 aromatic rings. The monoisotopic (exact) mass is 255 g/mol. The van der Waals surface area contributed by atoms with Crippen LogP contribution in [0.25, 0.3) is 11.1 Å². The average Bonchev–Trinajstić information content (AvgIpc) is 2.44. The Morgan fingerprint density at radius 2 is 2.05 bits per heavy atom. The van der Waals surface area contributed by atoms with Gasteiger partial charge in [-0.1, -0.05) is 31.2 Å². The molecule has 1 aliphatic carbocycles. The molecule has 1 aliphatic rings. The van der Waals surface area contributed by atoms with Gasteiger partial charge in [-0.2, -0.15) is 4.98 Å². The molecule has 4 heteroatoms. The molecule has 0 bridgehead atoms. The Balaban J connectivity index is 2.16. The average molecular weight is 255 g/mol. The number of ether oxygens (including phenoxy) is 1. The molecule has 0 atom stereocenters. The summed E-state index contributed by atoms with van der Waals surface area (Å²) in [7, 11) is 0. The number of nitrogen functional groups attached to an aromatic ring is 1. The first-order valence-corrected chi connectivity index (χ1v) is 6.67. The van der Waals surface area contributed by atoms with Crippen molar-refractivity contribution in [3.63, 3.8) is 0 Å². The van der Waals surface area contributed by atoms with Crippen LogP contribution >= 0.6 is 0 Å². The summed E-state index contributed by atoms with van der Waals surface area (Å²) in [6, 6.07) is 8.35. The molecule has 3 rings (SSSR count). The quantitative estimate of drug-likeness (QED) is 0.915. The molecule has 0 unspecified atom stereocenters. The molecular weight excluding hydrogens is 238 g/mol. The zero-order valence-electron chi connectivity index (χ0n) is 11.0. The van der Waals surface area contributed by atoms with E-state index in [9.17, 15) is 0 Å². The third-order valence-corrected chi connectivity index (χ3v) is 3.33. The van der Waals surface area contributed by atoms with E-state index < -0.39 is 0 Å². The summed E-state index contributed by atoms with van der Waals surface area (Å²) < 4.78 is 5.76. The van der Waals surface area contributed by atoms with Gasteiger partial charge in [0.15, 0.2) is 0 Å². The third kappa shape index (κ3) is 2.14. The van der Waals surface area contributed by atoms with Crippen molar-refractivity contribution in [1.82, 2.24) is 9.97 Å². The highest BCUT2D eigenvalue weighted by atomic mass is 16.5. The Bertz CT molecular complexity index is 610. The summed E-state index contributed by atoms with van der Waals surface area (Å²) in [5.74, 6) is 0.917. The molecule has 98 valence electrons. The lowest BCUT2D eigenvalue weighted by Crippen LogP contribution is -2.12. The maximum atomic E-state index is 5.77. The van der Waals surface area contributed by atoms with Crippen LogP contribution in [-0.2, 0) is 12.8 Å². The zero-order chi connectivity index (χ0) is 13.2. The van der Waals surface area contributed by atoms with Crippen molar-refractivity contribution < 1.29 is 4.74 Å². The maximum absolute atomic E-state index is 5.77. The fourth-order valence-corrected chi connectivity index (χ4v) is 2.49.